The molecule has 3 heterocycles. The van der Waals surface area contributed by atoms with E-state index in [1.165, 1.54) is 0 Å². The predicted octanol–water partition coefficient (Wildman–Crippen LogP) is 2.20. The van der Waals surface area contributed by atoms with Gasteiger partial charge in [0, 0.05) is 18.3 Å². The zero-order valence-corrected chi connectivity index (χ0v) is 12.0. The second-order valence-electron chi connectivity index (χ2n) is 5.22. The Morgan fingerprint density at radius 3 is 3.05 bits per heavy atom. The second kappa shape index (κ2) is 4.57. The molecule has 6 nitrogen and oxygen atoms in total. The van der Waals surface area contributed by atoms with Crippen molar-refractivity contribution in [2.75, 3.05) is 0 Å². The summed E-state index contributed by atoms with van der Waals surface area (Å²) in [5.41, 5.74) is 11.7. The molecule has 3 aromatic heterocycles. The van der Waals surface area contributed by atoms with Gasteiger partial charge in [-0.25, -0.2) is 9.78 Å². The molecule has 0 unspecified atom stereocenters. The van der Waals surface area contributed by atoms with E-state index in [1.807, 2.05) is 47.9 Å². The molecular formula is C16H14N4O2. The molecule has 0 aliphatic heterocycles. The third-order valence-electron chi connectivity index (χ3n) is 3.83. The van der Waals surface area contributed by atoms with Gasteiger partial charge in [0.2, 0.25) is 0 Å². The summed E-state index contributed by atoms with van der Waals surface area (Å²) in [5, 5.41) is 0. The molecule has 0 aliphatic carbocycles. The van der Waals surface area contributed by atoms with Crippen LogP contribution in [0.15, 0.2) is 45.7 Å². The number of imidazole rings is 1. The number of hydrogen-bond donors (Lipinski definition) is 2. The number of hydrogen-bond acceptors (Lipinski definition) is 4. The number of nitrogens with zero attached hydrogens (tertiary/aromatic N) is 2. The lowest BCUT2D eigenvalue weighted by Gasteiger charge is -2.02. The minimum Gasteiger partial charge on any atom is -0.408 e. The van der Waals surface area contributed by atoms with Crippen molar-refractivity contribution in [3.63, 3.8) is 0 Å². The van der Waals surface area contributed by atoms with E-state index in [-0.39, 0.29) is 0 Å². The molecule has 3 N–H and O–H groups in total. The van der Waals surface area contributed by atoms with E-state index < -0.39 is 5.76 Å². The molecule has 1 aromatic carbocycles. The normalized spacial score (nSPS) is 11.5. The summed E-state index contributed by atoms with van der Waals surface area (Å²) in [6.45, 7) is 2.38. The summed E-state index contributed by atoms with van der Waals surface area (Å²) >= 11 is 0. The van der Waals surface area contributed by atoms with Gasteiger partial charge in [-0.2, -0.15) is 0 Å². The van der Waals surface area contributed by atoms with Crippen LogP contribution in [0.3, 0.4) is 0 Å². The Labute approximate surface area is 125 Å². The first-order chi connectivity index (χ1) is 10.7. The first-order valence-electron chi connectivity index (χ1n) is 6.97. The van der Waals surface area contributed by atoms with Crippen molar-refractivity contribution >= 4 is 16.7 Å². The van der Waals surface area contributed by atoms with Gasteiger partial charge in [0.1, 0.15) is 5.65 Å². The molecule has 0 fully saturated rings. The Kier molecular flexibility index (Phi) is 2.67. The molecule has 4 rings (SSSR count). The minimum atomic E-state index is -0.461. The van der Waals surface area contributed by atoms with Gasteiger partial charge in [0.15, 0.2) is 5.58 Å². The lowest BCUT2D eigenvalue weighted by molar-refractivity contribution is 0.555. The predicted molar refractivity (Wildman–Crippen MR) is 83.6 cm³/mol. The van der Waals surface area contributed by atoms with Gasteiger partial charge in [0.25, 0.3) is 0 Å². The maximum Gasteiger partial charge on any atom is 0.417 e. The van der Waals surface area contributed by atoms with Crippen LogP contribution in [0.2, 0.25) is 0 Å². The first-order valence-corrected chi connectivity index (χ1v) is 6.97. The Morgan fingerprint density at radius 2 is 2.23 bits per heavy atom. The maximum atomic E-state index is 11.3. The molecule has 6 heteroatoms. The SMILES string of the molecule is Cc1cccn2c(CN)c(-c3ccc4[nH]c(=O)oc4c3)nc12. The number of nitrogens with one attached hydrogen (secondary N) is 1. The Morgan fingerprint density at radius 1 is 1.36 bits per heavy atom. The van der Waals surface area contributed by atoms with Gasteiger partial charge in [0.05, 0.1) is 16.9 Å². The summed E-state index contributed by atoms with van der Waals surface area (Å²) in [5.74, 6) is -0.461. The van der Waals surface area contributed by atoms with Crippen LogP contribution in [-0.2, 0) is 6.54 Å². The van der Waals surface area contributed by atoms with Crippen molar-refractivity contribution in [1.82, 2.24) is 14.4 Å². The van der Waals surface area contributed by atoms with Gasteiger partial charge < -0.3 is 14.6 Å². The smallest absolute Gasteiger partial charge is 0.408 e. The number of benzene rings is 1. The lowest BCUT2D eigenvalue weighted by atomic mass is 10.1. The number of aromatic nitrogens is 3. The molecule has 22 heavy (non-hydrogen) atoms. The number of fused-ring (bicyclic) bond motifs is 2. The molecule has 0 spiro atoms. The van der Waals surface area contributed by atoms with Gasteiger partial charge in [-0.05, 0) is 30.7 Å². The maximum absolute atomic E-state index is 11.3. The van der Waals surface area contributed by atoms with Crippen molar-refractivity contribution in [2.45, 2.75) is 13.5 Å². The number of aromatic amines is 1. The highest BCUT2D eigenvalue weighted by molar-refractivity contribution is 5.80. The monoisotopic (exact) mass is 294 g/mol. The molecule has 0 radical (unpaired) electrons. The van der Waals surface area contributed by atoms with Crippen molar-refractivity contribution in [3.05, 3.63) is 58.3 Å². The molecule has 4 aromatic rings. The zero-order valence-electron chi connectivity index (χ0n) is 12.0. The fourth-order valence-corrected chi connectivity index (χ4v) is 2.77. The van der Waals surface area contributed by atoms with Crippen molar-refractivity contribution in [3.8, 4) is 11.3 Å². The van der Waals surface area contributed by atoms with Crippen LogP contribution >= 0.6 is 0 Å². The van der Waals surface area contributed by atoms with Crippen LogP contribution in [0.25, 0.3) is 28.0 Å². The van der Waals surface area contributed by atoms with Crippen molar-refractivity contribution in [2.24, 2.45) is 5.73 Å². The molecule has 0 amide bonds. The Balaban J connectivity index is 2.02. The highest BCUT2D eigenvalue weighted by Crippen LogP contribution is 2.27. The van der Waals surface area contributed by atoms with Gasteiger partial charge in [-0.3, -0.25) is 4.98 Å². The molecule has 0 saturated heterocycles. The summed E-state index contributed by atoms with van der Waals surface area (Å²) in [4.78, 5) is 18.6. The van der Waals surface area contributed by atoms with Crippen LogP contribution in [0.1, 0.15) is 11.3 Å². The third kappa shape index (κ3) is 1.78. The summed E-state index contributed by atoms with van der Waals surface area (Å²) in [6.07, 6.45) is 1.95. The number of nitrogens with two attached hydrogens (primary N) is 1. The van der Waals surface area contributed by atoms with Crippen LogP contribution in [0.4, 0.5) is 0 Å². The van der Waals surface area contributed by atoms with Crippen molar-refractivity contribution in [1.29, 1.82) is 0 Å². The average Bonchev–Trinajstić information content (AvgIpc) is 3.06. The van der Waals surface area contributed by atoms with E-state index in [9.17, 15) is 4.79 Å². The molecule has 0 bridgehead atoms. The highest BCUT2D eigenvalue weighted by atomic mass is 16.4. The largest absolute Gasteiger partial charge is 0.417 e. The van der Waals surface area contributed by atoms with E-state index >= 15 is 0 Å². The number of pyridine rings is 1. The highest BCUT2D eigenvalue weighted by Gasteiger charge is 2.15. The Hall–Kier alpha value is -2.86. The molecular weight excluding hydrogens is 280 g/mol. The van der Waals surface area contributed by atoms with Crippen LogP contribution in [0.5, 0.6) is 0 Å². The topological polar surface area (TPSA) is 89.3 Å². The first kappa shape index (κ1) is 12.8. The summed E-state index contributed by atoms with van der Waals surface area (Å²) in [7, 11) is 0. The van der Waals surface area contributed by atoms with E-state index in [0.29, 0.717) is 17.6 Å². The molecule has 110 valence electrons. The van der Waals surface area contributed by atoms with Crippen LogP contribution in [-0.4, -0.2) is 14.4 Å². The Bertz CT molecular complexity index is 1060. The van der Waals surface area contributed by atoms with Gasteiger partial charge in [-0.1, -0.05) is 12.1 Å². The number of aryl methyl sites for hydroxylation is 1. The van der Waals surface area contributed by atoms with E-state index in [1.54, 1.807) is 0 Å². The van der Waals surface area contributed by atoms with Gasteiger partial charge in [-0.15, -0.1) is 0 Å². The number of H-pyrrole nitrogens is 1. The zero-order chi connectivity index (χ0) is 15.3. The molecule has 0 aliphatic rings. The fraction of sp³-hybridized carbons (Fsp3) is 0.125. The summed E-state index contributed by atoms with van der Waals surface area (Å²) < 4.78 is 7.13. The van der Waals surface area contributed by atoms with Gasteiger partial charge >= 0.3 is 5.76 Å². The second-order valence-corrected chi connectivity index (χ2v) is 5.22. The van der Waals surface area contributed by atoms with Crippen LogP contribution < -0.4 is 11.5 Å². The van der Waals surface area contributed by atoms with E-state index in [4.69, 9.17) is 15.1 Å². The number of oxazole rings is 1. The summed E-state index contributed by atoms with van der Waals surface area (Å²) in [6, 6.07) is 9.52. The fourth-order valence-electron chi connectivity index (χ4n) is 2.77. The number of rotatable bonds is 2. The average molecular weight is 294 g/mol. The van der Waals surface area contributed by atoms with Crippen molar-refractivity contribution < 1.29 is 4.42 Å². The van der Waals surface area contributed by atoms with E-state index in [0.717, 1.165) is 28.2 Å². The van der Waals surface area contributed by atoms with E-state index in [2.05, 4.69) is 4.98 Å². The lowest BCUT2D eigenvalue weighted by Crippen LogP contribution is -2.02. The quantitative estimate of drug-likeness (QED) is 0.593. The molecule has 0 atom stereocenters. The standard InChI is InChI=1S/C16H14N4O2/c1-9-3-2-6-20-12(8-17)14(19-15(9)20)10-4-5-11-13(7-10)22-16(21)18-11/h2-7H,8,17H2,1H3,(H,18,21). The molecule has 0 saturated carbocycles. The minimum absolute atomic E-state index is 0.370. The van der Waals surface area contributed by atoms with Crippen LogP contribution in [0, 0.1) is 6.92 Å². The third-order valence-corrected chi connectivity index (χ3v) is 3.83.